The molecular formula is C19H26FN3O2. The summed E-state index contributed by atoms with van der Waals surface area (Å²) < 4.78 is 13.0. The van der Waals surface area contributed by atoms with E-state index in [1.807, 2.05) is 0 Å². The molecule has 1 aliphatic heterocycles. The van der Waals surface area contributed by atoms with Crippen molar-refractivity contribution in [2.45, 2.75) is 57.0 Å². The summed E-state index contributed by atoms with van der Waals surface area (Å²) in [5.74, 6) is -0.423. The molecule has 0 spiro atoms. The number of rotatable bonds is 3. The van der Waals surface area contributed by atoms with E-state index in [0.29, 0.717) is 24.7 Å². The van der Waals surface area contributed by atoms with Crippen molar-refractivity contribution < 1.29 is 14.0 Å². The number of piperidine rings is 1. The van der Waals surface area contributed by atoms with Gasteiger partial charge in [-0.25, -0.2) is 9.18 Å². The van der Waals surface area contributed by atoms with Gasteiger partial charge >= 0.3 is 6.03 Å². The van der Waals surface area contributed by atoms with Crippen molar-refractivity contribution >= 4 is 11.9 Å². The number of nitrogens with one attached hydrogen (secondary N) is 2. The number of benzene rings is 1. The van der Waals surface area contributed by atoms with Crippen molar-refractivity contribution in [2.75, 3.05) is 13.1 Å². The van der Waals surface area contributed by atoms with Gasteiger partial charge in [-0.15, -0.1) is 0 Å². The first kappa shape index (κ1) is 17.7. The van der Waals surface area contributed by atoms with Gasteiger partial charge in [0.2, 0.25) is 0 Å². The number of hydrogen-bond donors (Lipinski definition) is 2. The number of carbonyl (C=O) groups excluding carboxylic acids is 2. The Kier molecular flexibility index (Phi) is 5.89. The van der Waals surface area contributed by atoms with Crippen LogP contribution in [0, 0.1) is 5.82 Å². The third kappa shape index (κ3) is 4.94. The van der Waals surface area contributed by atoms with Gasteiger partial charge in [-0.2, -0.15) is 0 Å². The van der Waals surface area contributed by atoms with Crippen molar-refractivity contribution in [1.82, 2.24) is 15.5 Å². The lowest BCUT2D eigenvalue weighted by Crippen LogP contribution is -2.51. The molecule has 2 N–H and O–H groups in total. The molecule has 1 saturated carbocycles. The Morgan fingerprint density at radius 3 is 2.04 bits per heavy atom. The zero-order valence-electron chi connectivity index (χ0n) is 14.5. The molecule has 1 heterocycles. The second kappa shape index (κ2) is 8.32. The third-order valence-electron chi connectivity index (χ3n) is 5.15. The van der Waals surface area contributed by atoms with E-state index in [1.165, 1.54) is 43.5 Å². The van der Waals surface area contributed by atoms with Crippen LogP contribution in [0.1, 0.15) is 55.3 Å². The Morgan fingerprint density at radius 2 is 1.44 bits per heavy atom. The molecule has 3 rings (SSSR count). The first-order valence-electron chi connectivity index (χ1n) is 9.24. The van der Waals surface area contributed by atoms with Crippen LogP contribution in [0.5, 0.6) is 0 Å². The van der Waals surface area contributed by atoms with Crippen LogP contribution in [-0.2, 0) is 0 Å². The minimum absolute atomic E-state index is 0.0786. The number of carbonyl (C=O) groups is 2. The molecule has 2 aliphatic rings. The molecule has 1 aromatic rings. The van der Waals surface area contributed by atoms with Gasteiger partial charge in [0.25, 0.3) is 5.91 Å². The van der Waals surface area contributed by atoms with Crippen LogP contribution in [0.25, 0.3) is 0 Å². The maximum absolute atomic E-state index is 13.0. The number of urea groups is 1. The minimum Gasteiger partial charge on any atom is -0.338 e. The lowest BCUT2D eigenvalue weighted by molar-refractivity contribution is 0.0708. The molecule has 0 aromatic heterocycles. The Balaban J connectivity index is 1.42. The topological polar surface area (TPSA) is 61.4 Å². The summed E-state index contributed by atoms with van der Waals surface area (Å²) in [5, 5.41) is 6.10. The van der Waals surface area contributed by atoms with Crippen LogP contribution in [0.2, 0.25) is 0 Å². The van der Waals surface area contributed by atoms with Crippen LogP contribution in [0.15, 0.2) is 24.3 Å². The summed E-state index contributed by atoms with van der Waals surface area (Å²) in [4.78, 5) is 26.3. The Morgan fingerprint density at radius 1 is 0.880 bits per heavy atom. The van der Waals surface area contributed by atoms with E-state index in [-0.39, 0.29) is 23.8 Å². The first-order chi connectivity index (χ1) is 12.1. The van der Waals surface area contributed by atoms with Gasteiger partial charge < -0.3 is 15.5 Å². The predicted octanol–water partition coefficient (Wildman–Crippen LogP) is 3.06. The van der Waals surface area contributed by atoms with Crippen LogP contribution in [-0.4, -0.2) is 42.0 Å². The van der Waals surface area contributed by atoms with E-state index in [4.69, 9.17) is 0 Å². The number of likely N-dealkylation sites (tertiary alicyclic amines) is 1. The summed E-state index contributed by atoms with van der Waals surface area (Å²) in [6, 6.07) is 5.94. The fourth-order valence-corrected chi connectivity index (χ4v) is 3.66. The van der Waals surface area contributed by atoms with E-state index >= 15 is 0 Å². The van der Waals surface area contributed by atoms with E-state index in [1.54, 1.807) is 4.90 Å². The lowest BCUT2D eigenvalue weighted by Gasteiger charge is -2.33. The van der Waals surface area contributed by atoms with Crippen LogP contribution in [0.3, 0.4) is 0 Å². The predicted molar refractivity (Wildman–Crippen MR) is 93.9 cm³/mol. The molecule has 25 heavy (non-hydrogen) atoms. The molecule has 1 aromatic carbocycles. The standard InChI is InChI=1S/C19H26FN3O2/c20-15-8-6-14(7-9-15)18(24)23-12-10-17(11-13-23)22-19(25)21-16-4-2-1-3-5-16/h6-9,16-17H,1-5,10-13H2,(H2,21,22,25). The van der Waals surface area contributed by atoms with Crippen molar-refractivity contribution in [3.8, 4) is 0 Å². The van der Waals surface area contributed by atoms with Gasteiger partial charge in [-0.1, -0.05) is 19.3 Å². The van der Waals surface area contributed by atoms with E-state index < -0.39 is 0 Å². The highest BCUT2D eigenvalue weighted by atomic mass is 19.1. The third-order valence-corrected chi connectivity index (χ3v) is 5.15. The maximum atomic E-state index is 13.0. The molecular weight excluding hydrogens is 321 g/mol. The van der Waals surface area contributed by atoms with Gasteiger partial charge in [0, 0.05) is 30.7 Å². The van der Waals surface area contributed by atoms with E-state index in [0.717, 1.165) is 25.7 Å². The van der Waals surface area contributed by atoms with Gasteiger partial charge in [0.05, 0.1) is 0 Å². The van der Waals surface area contributed by atoms with Crippen molar-refractivity contribution in [2.24, 2.45) is 0 Å². The number of hydrogen-bond acceptors (Lipinski definition) is 2. The Hall–Kier alpha value is -2.11. The smallest absolute Gasteiger partial charge is 0.315 e. The van der Waals surface area contributed by atoms with Crippen LogP contribution in [0.4, 0.5) is 9.18 Å². The lowest BCUT2D eigenvalue weighted by atomic mass is 9.96. The highest BCUT2D eigenvalue weighted by Crippen LogP contribution is 2.18. The largest absolute Gasteiger partial charge is 0.338 e. The number of nitrogens with zero attached hydrogens (tertiary/aromatic N) is 1. The first-order valence-corrected chi connectivity index (χ1v) is 9.24. The van der Waals surface area contributed by atoms with Crippen LogP contribution >= 0.6 is 0 Å². The monoisotopic (exact) mass is 347 g/mol. The quantitative estimate of drug-likeness (QED) is 0.883. The average molecular weight is 347 g/mol. The van der Waals surface area contributed by atoms with Gasteiger partial charge in [-0.05, 0) is 49.9 Å². The molecule has 0 atom stereocenters. The van der Waals surface area contributed by atoms with Gasteiger partial charge in [-0.3, -0.25) is 4.79 Å². The molecule has 3 amide bonds. The molecule has 6 heteroatoms. The fourth-order valence-electron chi connectivity index (χ4n) is 3.66. The highest BCUT2D eigenvalue weighted by molar-refractivity contribution is 5.94. The Bertz CT molecular complexity index is 591. The van der Waals surface area contributed by atoms with Gasteiger partial charge in [0.15, 0.2) is 0 Å². The second-order valence-corrected chi connectivity index (χ2v) is 7.03. The van der Waals surface area contributed by atoms with Crippen molar-refractivity contribution in [3.05, 3.63) is 35.6 Å². The summed E-state index contributed by atoms with van der Waals surface area (Å²) in [7, 11) is 0. The highest BCUT2D eigenvalue weighted by Gasteiger charge is 2.25. The zero-order valence-corrected chi connectivity index (χ0v) is 14.5. The van der Waals surface area contributed by atoms with Crippen molar-refractivity contribution in [3.63, 3.8) is 0 Å². The molecule has 2 fully saturated rings. The molecule has 1 aliphatic carbocycles. The maximum Gasteiger partial charge on any atom is 0.315 e. The SMILES string of the molecule is O=C(NC1CCCCC1)NC1CCN(C(=O)c2ccc(F)cc2)CC1. The second-order valence-electron chi connectivity index (χ2n) is 7.03. The number of halogens is 1. The zero-order chi connectivity index (χ0) is 17.6. The summed E-state index contributed by atoms with van der Waals surface area (Å²) >= 11 is 0. The summed E-state index contributed by atoms with van der Waals surface area (Å²) in [5.41, 5.74) is 0.503. The molecule has 0 unspecified atom stereocenters. The van der Waals surface area contributed by atoms with Gasteiger partial charge in [0.1, 0.15) is 5.82 Å². The molecule has 136 valence electrons. The summed E-state index contributed by atoms with van der Waals surface area (Å²) in [6.45, 7) is 1.20. The molecule has 1 saturated heterocycles. The van der Waals surface area contributed by atoms with E-state index in [2.05, 4.69) is 10.6 Å². The normalized spacial score (nSPS) is 19.5. The van der Waals surface area contributed by atoms with E-state index in [9.17, 15) is 14.0 Å². The fraction of sp³-hybridized carbons (Fsp3) is 0.579. The summed E-state index contributed by atoms with van der Waals surface area (Å²) in [6.07, 6.45) is 7.26. The Labute approximate surface area is 148 Å². The van der Waals surface area contributed by atoms with Crippen LogP contribution < -0.4 is 10.6 Å². The molecule has 5 nitrogen and oxygen atoms in total. The minimum atomic E-state index is -0.344. The average Bonchev–Trinajstić information content (AvgIpc) is 2.63. The number of amides is 3. The molecule has 0 radical (unpaired) electrons. The molecule has 0 bridgehead atoms. The van der Waals surface area contributed by atoms with Crippen molar-refractivity contribution in [1.29, 1.82) is 0 Å².